The second kappa shape index (κ2) is 9.03. The van der Waals surface area contributed by atoms with Gasteiger partial charge in [-0.1, -0.05) is 12.1 Å². The molecule has 3 heterocycles. The third-order valence-corrected chi connectivity index (χ3v) is 5.84. The summed E-state index contributed by atoms with van der Waals surface area (Å²) in [6, 6.07) is 10.9. The molecule has 0 aromatic carbocycles. The molecular weight excluding hydrogens is 360 g/mol. The number of hydrogen-bond donors (Lipinski definition) is 1. The van der Waals surface area contributed by atoms with Gasteiger partial charge in [0.1, 0.15) is 5.65 Å². The Bertz CT molecular complexity index is 947. The maximum atomic E-state index is 4.97. The van der Waals surface area contributed by atoms with Gasteiger partial charge in [0.15, 0.2) is 0 Å². The molecule has 1 aliphatic rings. The fourth-order valence-corrected chi connectivity index (χ4v) is 4.28. The van der Waals surface area contributed by atoms with Crippen LogP contribution in [0.25, 0.3) is 5.65 Å². The number of imidazole rings is 1. The van der Waals surface area contributed by atoms with E-state index >= 15 is 0 Å². The monoisotopic (exact) mass is 392 g/mol. The van der Waals surface area contributed by atoms with Crippen molar-refractivity contribution in [3.05, 3.63) is 65.4 Å². The molecule has 0 saturated carbocycles. The lowest BCUT2D eigenvalue weighted by Gasteiger charge is -2.32. The van der Waals surface area contributed by atoms with Crippen molar-refractivity contribution in [2.24, 2.45) is 0 Å². The molecule has 0 bridgehead atoms. The Morgan fingerprint density at radius 2 is 2.07 bits per heavy atom. The van der Waals surface area contributed by atoms with E-state index in [0.717, 1.165) is 50.4 Å². The van der Waals surface area contributed by atoms with E-state index in [9.17, 15) is 0 Å². The van der Waals surface area contributed by atoms with Gasteiger partial charge in [0.25, 0.3) is 0 Å². The molecule has 0 spiro atoms. The normalized spacial score (nSPS) is 16.7. The SMILES string of the molecule is CN(C)CCNCc1c(CN(C)[C@H]2CCCc3cccnc32)nc2ccccn12. The zero-order valence-corrected chi connectivity index (χ0v) is 17.8. The van der Waals surface area contributed by atoms with E-state index in [1.54, 1.807) is 0 Å². The predicted octanol–water partition coefficient (Wildman–Crippen LogP) is 2.89. The summed E-state index contributed by atoms with van der Waals surface area (Å²) in [5.74, 6) is 0. The second-order valence-electron chi connectivity index (χ2n) is 8.28. The number of rotatable bonds is 8. The third-order valence-electron chi connectivity index (χ3n) is 5.84. The van der Waals surface area contributed by atoms with Crippen molar-refractivity contribution in [2.75, 3.05) is 34.2 Å². The number of hydrogen-bond acceptors (Lipinski definition) is 5. The first-order valence-corrected chi connectivity index (χ1v) is 10.6. The quantitative estimate of drug-likeness (QED) is 0.598. The Labute approximate surface area is 173 Å². The number of fused-ring (bicyclic) bond motifs is 2. The van der Waals surface area contributed by atoms with E-state index in [1.807, 2.05) is 6.20 Å². The first-order chi connectivity index (χ1) is 14.1. The van der Waals surface area contributed by atoms with Crippen molar-refractivity contribution in [1.29, 1.82) is 0 Å². The molecule has 0 unspecified atom stereocenters. The highest BCUT2D eigenvalue weighted by molar-refractivity contribution is 5.43. The van der Waals surface area contributed by atoms with Gasteiger partial charge in [0.05, 0.1) is 23.1 Å². The van der Waals surface area contributed by atoms with Gasteiger partial charge in [-0.05, 0) is 64.2 Å². The van der Waals surface area contributed by atoms with E-state index in [4.69, 9.17) is 9.97 Å². The van der Waals surface area contributed by atoms with Crippen LogP contribution in [0.5, 0.6) is 0 Å². The van der Waals surface area contributed by atoms with Crippen LogP contribution in [0, 0.1) is 0 Å². The highest BCUT2D eigenvalue weighted by Crippen LogP contribution is 2.33. The largest absolute Gasteiger partial charge is 0.310 e. The van der Waals surface area contributed by atoms with Crippen molar-refractivity contribution in [3.8, 4) is 0 Å². The standard InChI is InChI=1S/C23H32N6/c1-27(2)15-13-24-16-21-19(26-22-11-4-5-14-29(21)22)17-28(3)20-10-6-8-18-9-7-12-25-23(18)20/h4-5,7,9,11-12,14,20,24H,6,8,10,13,15-17H2,1-3H3/t20-/m0/s1. The third kappa shape index (κ3) is 4.50. The second-order valence-corrected chi connectivity index (χ2v) is 8.28. The summed E-state index contributed by atoms with van der Waals surface area (Å²) in [4.78, 5) is 14.3. The molecule has 1 N–H and O–H groups in total. The van der Waals surface area contributed by atoms with E-state index in [1.165, 1.54) is 23.4 Å². The molecule has 0 saturated heterocycles. The maximum absolute atomic E-state index is 4.97. The Morgan fingerprint density at radius 3 is 2.93 bits per heavy atom. The van der Waals surface area contributed by atoms with Crippen LogP contribution in [0.1, 0.15) is 41.5 Å². The van der Waals surface area contributed by atoms with Gasteiger partial charge in [-0.25, -0.2) is 4.98 Å². The molecule has 6 nitrogen and oxygen atoms in total. The first kappa shape index (κ1) is 20.0. The molecule has 0 fully saturated rings. The van der Waals surface area contributed by atoms with Gasteiger partial charge < -0.3 is 14.6 Å². The lowest BCUT2D eigenvalue weighted by Crippen LogP contribution is -2.30. The van der Waals surface area contributed by atoms with Crippen LogP contribution >= 0.6 is 0 Å². The summed E-state index contributed by atoms with van der Waals surface area (Å²) in [5.41, 5.74) is 6.07. The molecule has 3 aromatic heterocycles. The molecule has 1 aliphatic carbocycles. The Hall–Kier alpha value is -2.28. The number of likely N-dealkylation sites (N-methyl/N-ethyl adjacent to an activating group) is 1. The van der Waals surface area contributed by atoms with Gasteiger partial charge >= 0.3 is 0 Å². The fraction of sp³-hybridized carbons (Fsp3) is 0.478. The minimum absolute atomic E-state index is 0.360. The van der Waals surface area contributed by atoms with Crippen LogP contribution in [-0.4, -0.2) is 58.4 Å². The summed E-state index contributed by atoms with van der Waals surface area (Å²) in [6.45, 7) is 3.63. The average molecular weight is 393 g/mol. The number of aryl methyl sites for hydroxylation is 1. The van der Waals surface area contributed by atoms with Crippen molar-refractivity contribution in [1.82, 2.24) is 29.5 Å². The molecule has 3 aromatic rings. The number of nitrogens with one attached hydrogen (secondary N) is 1. The number of aromatic nitrogens is 3. The lowest BCUT2D eigenvalue weighted by atomic mass is 9.91. The number of nitrogens with zero attached hydrogens (tertiary/aromatic N) is 5. The molecule has 0 aliphatic heterocycles. The van der Waals surface area contributed by atoms with Crippen LogP contribution in [-0.2, 0) is 19.5 Å². The zero-order chi connectivity index (χ0) is 20.2. The lowest BCUT2D eigenvalue weighted by molar-refractivity contribution is 0.206. The van der Waals surface area contributed by atoms with Crippen LogP contribution in [0.3, 0.4) is 0 Å². The maximum Gasteiger partial charge on any atom is 0.137 e. The molecule has 6 heteroatoms. The van der Waals surface area contributed by atoms with Crippen molar-refractivity contribution in [2.45, 2.75) is 38.4 Å². The van der Waals surface area contributed by atoms with E-state index in [2.05, 4.69) is 77.2 Å². The minimum Gasteiger partial charge on any atom is -0.310 e. The van der Waals surface area contributed by atoms with Gasteiger partial charge in [0.2, 0.25) is 0 Å². The van der Waals surface area contributed by atoms with Crippen LogP contribution in [0.15, 0.2) is 42.7 Å². The topological polar surface area (TPSA) is 48.7 Å². The van der Waals surface area contributed by atoms with Gasteiger partial charge in [0, 0.05) is 38.6 Å². The fourth-order valence-electron chi connectivity index (χ4n) is 4.28. The van der Waals surface area contributed by atoms with E-state index in [0.29, 0.717) is 6.04 Å². The number of pyridine rings is 2. The Morgan fingerprint density at radius 1 is 1.17 bits per heavy atom. The van der Waals surface area contributed by atoms with Crippen molar-refractivity contribution < 1.29 is 0 Å². The molecule has 0 radical (unpaired) electrons. The molecular formula is C23H32N6. The van der Waals surface area contributed by atoms with Gasteiger partial charge in [-0.15, -0.1) is 0 Å². The smallest absolute Gasteiger partial charge is 0.137 e. The molecule has 4 rings (SSSR count). The predicted molar refractivity (Wildman–Crippen MR) is 117 cm³/mol. The molecule has 0 amide bonds. The van der Waals surface area contributed by atoms with Gasteiger partial charge in [-0.2, -0.15) is 0 Å². The molecule has 1 atom stereocenters. The highest BCUT2D eigenvalue weighted by Gasteiger charge is 2.26. The Kier molecular flexibility index (Phi) is 6.23. The summed E-state index contributed by atoms with van der Waals surface area (Å²) < 4.78 is 2.22. The first-order valence-electron chi connectivity index (χ1n) is 10.6. The summed E-state index contributed by atoms with van der Waals surface area (Å²) in [6.07, 6.45) is 7.56. The van der Waals surface area contributed by atoms with Crippen molar-refractivity contribution in [3.63, 3.8) is 0 Å². The zero-order valence-electron chi connectivity index (χ0n) is 17.8. The summed E-state index contributed by atoms with van der Waals surface area (Å²) in [7, 11) is 6.42. The summed E-state index contributed by atoms with van der Waals surface area (Å²) >= 11 is 0. The van der Waals surface area contributed by atoms with Crippen LogP contribution in [0.2, 0.25) is 0 Å². The molecule has 154 valence electrons. The Balaban J connectivity index is 1.55. The van der Waals surface area contributed by atoms with Crippen LogP contribution < -0.4 is 5.32 Å². The molecule has 29 heavy (non-hydrogen) atoms. The van der Waals surface area contributed by atoms with Crippen molar-refractivity contribution >= 4 is 5.65 Å². The van der Waals surface area contributed by atoms with Crippen LogP contribution in [0.4, 0.5) is 0 Å². The van der Waals surface area contributed by atoms with Gasteiger partial charge in [-0.3, -0.25) is 9.88 Å². The summed E-state index contributed by atoms with van der Waals surface area (Å²) in [5, 5.41) is 3.59. The van der Waals surface area contributed by atoms with E-state index < -0.39 is 0 Å². The highest BCUT2D eigenvalue weighted by atomic mass is 15.2. The average Bonchev–Trinajstić information content (AvgIpc) is 3.07. The minimum atomic E-state index is 0.360. The van der Waals surface area contributed by atoms with E-state index in [-0.39, 0.29) is 0 Å².